The highest BCUT2D eigenvalue weighted by Crippen LogP contribution is 2.23. The van der Waals surface area contributed by atoms with Gasteiger partial charge in [-0.15, -0.1) is 0 Å². The summed E-state index contributed by atoms with van der Waals surface area (Å²) in [5.41, 5.74) is 7.49. The Balaban J connectivity index is 2.80. The molecule has 1 rings (SSSR count). The van der Waals surface area contributed by atoms with Crippen LogP contribution in [0.2, 0.25) is 0 Å². The topological polar surface area (TPSA) is 47.3 Å². The molecular weight excluding hydrogens is 188 g/mol. The van der Waals surface area contributed by atoms with E-state index in [1.807, 2.05) is 18.2 Å². The Morgan fingerprint density at radius 1 is 1.20 bits per heavy atom. The molecule has 3 N–H and O–H groups in total. The van der Waals surface area contributed by atoms with Crippen LogP contribution in [0.1, 0.15) is 20.8 Å². The van der Waals surface area contributed by atoms with Crippen molar-refractivity contribution in [2.24, 2.45) is 5.92 Å². The van der Waals surface area contributed by atoms with Crippen LogP contribution < -0.4 is 15.8 Å². The molecular formula is C12H20N2O. The Labute approximate surface area is 91.6 Å². The van der Waals surface area contributed by atoms with E-state index in [0.717, 1.165) is 11.4 Å². The first-order chi connectivity index (χ1) is 7.02. The second kappa shape index (κ2) is 4.91. The van der Waals surface area contributed by atoms with Gasteiger partial charge >= 0.3 is 0 Å². The Morgan fingerprint density at radius 2 is 1.87 bits per heavy atom. The zero-order chi connectivity index (χ0) is 11.4. The number of methoxy groups -OCH3 is 1. The number of nitrogens with one attached hydrogen (secondary N) is 1. The van der Waals surface area contributed by atoms with Crippen molar-refractivity contribution in [2.75, 3.05) is 18.2 Å². The van der Waals surface area contributed by atoms with Gasteiger partial charge in [0.1, 0.15) is 5.75 Å². The smallest absolute Gasteiger partial charge is 0.122 e. The van der Waals surface area contributed by atoms with Crippen molar-refractivity contribution in [3.8, 4) is 5.75 Å². The number of rotatable bonds is 4. The fourth-order valence-electron chi connectivity index (χ4n) is 1.25. The lowest BCUT2D eigenvalue weighted by atomic mass is 10.1. The van der Waals surface area contributed by atoms with Gasteiger partial charge in [-0.1, -0.05) is 13.8 Å². The molecule has 0 radical (unpaired) electrons. The van der Waals surface area contributed by atoms with Gasteiger partial charge in [0.05, 0.1) is 7.11 Å². The fourth-order valence-corrected chi connectivity index (χ4v) is 1.25. The van der Waals surface area contributed by atoms with Crippen LogP contribution in [0.4, 0.5) is 11.4 Å². The predicted molar refractivity (Wildman–Crippen MR) is 65.3 cm³/mol. The van der Waals surface area contributed by atoms with E-state index in [9.17, 15) is 0 Å². The number of nitrogens with two attached hydrogens (primary N) is 1. The van der Waals surface area contributed by atoms with Gasteiger partial charge in [0.15, 0.2) is 0 Å². The minimum atomic E-state index is 0.413. The summed E-state index contributed by atoms with van der Waals surface area (Å²) in [6.45, 7) is 6.52. The molecule has 1 unspecified atom stereocenters. The molecule has 0 aliphatic heterocycles. The average Bonchev–Trinajstić information content (AvgIpc) is 2.16. The van der Waals surface area contributed by atoms with Crippen molar-refractivity contribution in [2.45, 2.75) is 26.8 Å². The van der Waals surface area contributed by atoms with Crippen LogP contribution in [0.3, 0.4) is 0 Å². The van der Waals surface area contributed by atoms with Crippen LogP contribution in [0.25, 0.3) is 0 Å². The molecule has 0 saturated heterocycles. The Hall–Kier alpha value is -1.38. The van der Waals surface area contributed by atoms with Gasteiger partial charge in [0.2, 0.25) is 0 Å². The van der Waals surface area contributed by atoms with E-state index in [0.29, 0.717) is 17.6 Å². The maximum absolute atomic E-state index is 5.77. The van der Waals surface area contributed by atoms with Crippen molar-refractivity contribution in [3.05, 3.63) is 18.2 Å². The zero-order valence-electron chi connectivity index (χ0n) is 9.87. The number of anilines is 2. The summed E-state index contributed by atoms with van der Waals surface area (Å²) in [5.74, 6) is 1.37. The molecule has 1 atom stereocenters. The van der Waals surface area contributed by atoms with E-state index < -0.39 is 0 Å². The summed E-state index contributed by atoms with van der Waals surface area (Å²) in [6.07, 6.45) is 0. The molecule has 0 fully saturated rings. The SMILES string of the molecule is COc1cc(N)cc(NC(C)C(C)C)c1. The van der Waals surface area contributed by atoms with Gasteiger partial charge < -0.3 is 15.8 Å². The molecule has 0 bridgehead atoms. The minimum Gasteiger partial charge on any atom is -0.497 e. The third-order valence-corrected chi connectivity index (χ3v) is 2.56. The van der Waals surface area contributed by atoms with Crippen LogP contribution in [0, 0.1) is 5.92 Å². The molecule has 0 spiro atoms. The summed E-state index contributed by atoms with van der Waals surface area (Å²) in [6, 6.07) is 6.10. The lowest BCUT2D eigenvalue weighted by molar-refractivity contribution is 0.415. The van der Waals surface area contributed by atoms with E-state index in [-0.39, 0.29) is 0 Å². The van der Waals surface area contributed by atoms with Gasteiger partial charge in [-0.2, -0.15) is 0 Å². The van der Waals surface area contributed by atoms with Gasteiger partial charge in [-0.25, -0.2) is 0 Å². The molecule has 0 aromatic heterocycles. The zero-order valence-corrected chi connectivity index (χ0v) is 9.87. The summed E-state index contributed by atoms with van der Waals surface area (Å²) < 4.78 is 5.16. The average molecular weight is 208 g/mol. The van der Waals surface area contributed by atoms with Crippen molar-refractivity contribution in [3.63, 3.8) is 0 Å². The maximum atomic E-state index is 5.77. The molecule has 0 heterocycles. The van der Waals surface area contributed by atoms with E-state index in [1.165, 1.54) is 0 Å². The second-order valence-electron chi connectivity index (χ2n) is 4.17. The number of hydrogen-bond donors (Lipinski definition) is 2. The number of nitrogen functional groups attached to an aromatic ring is 1. The standard InChI is InChI=1S/C12H20N2O/c1-8(2)9(3)14-11-5-10(13)6-12(7-11)15-4/h5-9,14H,13H2,1-4H3. The molecule has 3 nitrogen and oxygen atoms in total. The number of hydrogen-bond acceptors (Lipinski definition) is 3. The first-order valence-corrected chi connectivity index (χ1v) is 5.24. The normalized spacial score (nSPS) is 12.6. The highest BCUT2D eigenvalue weighted by Gasteiger charge is 2.07. The van der Waals surface area contributed by atoms with E-state index in [4.69, 9.17) is 10.5 Å². The van der Waals surface area contributed by atoms with Crippen LogP contribution in [0.15, 0.2) is 18.2 Å². The van der Waals surface area contributed by atoms with E-state index >= 15 is 0 Å². The predicted octanol–water partition coefficient (Wildman–Crippen LogP) is 2.73. The van der Waals surface area contributed by atoms with Gasteiger partial charge in [-0.3, -0.25) is 0 Å². The lowest BCUT2D eigenvalue weighted by Crippen LogP contribution is -2.21. The van der Waals surface area contributed by atoms with Crippen LogP contribution in [-0.4, -0.2) is 13.2 Å². The highest BCUT2D eigenvalue weighted by atomic mass is 16.5. The molecule has 1 aromatic carbocycles. The summed E-state index contributed by atoms with van der Waals surface area (Å²) in [4.78, 5) is 0. The Morgan fingerprint density at radius 3 is 2.40 bits per heavy atom. The minimum absolute atomic E-state index is 0.413. The monoisotopic (exact) mass is 208 g/mol. The summed E-state index contributed by atoms with van der Waals surface area (Å²) >= 11 is 0. The molecule has 1 aromatic rings. The van der Waals surface area contributed by atoms with Crippen molar-refractivity contribution >= 4 is 11.4 Å². The van der Waals surface area contributed by atoms with Crippen LogP contribution in [-0.2, 0) is 0 Å². The summed E-state index contributed by atoms with van der Waals surface area (Å²) in [5, 5.41) is 3.40. The molecule has 0 aliphatic rings. The largest absolute Gasteiger partial charge is 0.497 e. The molecule has 0 aliphatic carbocycles. The molecule has 15 heavy (non-hydrogen) atoms. The first-order valence-electron chi connectivity index (χ1n) is 5.24. The van der Waals surface area contributed by atoms with Crippen LogP contribution >= 0.6 is 0 Å². The van der Waals surface area contributed by atoms with Crippen molar-refractivity contribution < 1.29 is 4.74 Å². The third kappa shape index (κ3) is 3.35. The second-order valence-corrected chi connectivity index (χ2v) is 4.17. The number of benzene rings is 1. The maximum Gasteiger partial charge on any atom is 0.122 e. The van der Waals surface area contributed by atoms with Crippen molar-refractivity contribution in [1.82, 2.24) is 0 Å². The Bertz CT molecular complexity index is 323. The van der Waals surface area contributed by atoms with Gasteiger partial charge in [0.25, 0.3) is 0 Å². The highest BCUT2D eigenvalue weighted by molar-refractivity contribution is 5.59. The van der Waals surface area contributed by atoms with E-state index in [2.05, 4.69) is 26.1 Å². The molecule has 84 valence electrons. The number of ether oxygens (including phenoxy) is 1. The quantitative estimate of drug-likeness (QED) is 0.748. The molecule has 0 saturated carbocycles. The van der Waals surface area contributed by atoms with Crippen molar-refractivity contribution in [1.29, 1.82) is 0 Å². The molecule has 0 amide bonds. The van der Waals surface area contributed by atoms with E-state index in [1.54, 1.807) is 7.11 Å². The molecule has 3 heteroatoms. The van der Waals surface area contributed by atoms with Gasteiger partial charge in [-0.05, 0) is 18.9 Å². The fraction of sp³-hybridized carbons (Fsp3) is 0.500. The Kier molecular flexibility index (Phi) is 3.83. The van der Waals surface area contributed by atoms with Gasteiger partial charge in [0, 0.05) is 29.5 Å². The van der Waals surface area contributed by atoms with Crippen LogP contribution in [0.5, 0.6) is 5.75 Å². The lowest BCUT2D eigenvalue weighted by Gasteiger charge is -2.19. The summed E-state index contributed by atoms with van der Waals surface area (Å²) in [7, 11) is 1.64. The first kappa shape index (κ1) is 11.7. The third-order valence-electron chi connectivity index (χ3n) is 2.56.